The number of hydrogen-bond acceptors (Lipinski definition) is 1. The summed E-state index contributed by atoms with van der Waals surface area (Å²) < 4.78 is 12.2. The highest BCUT2D eigenvalue weighted by atomic mass is 35.5. The van der Waals surface area contributed by atoms with E-state index >= 15 is 0 Å². The van der Waals surface area contributed by atoms with Crippen LogP contribution in [0.1, 0.15) is 20.8 Å². The van der Waals surface area contributed by atoms with Crippen molar-refractivity contribution in [2.24, 2.45) is 0 Å². The zero-order valence-electron chi connectivity index (χ0n) is 10.6. The molecule has 0 unspecified atom stereocenters. The largest absolute Gasteiger partial charge is 0.258 e. The van der Waals surface area contributed by atoms with Crippen molar-refractivity contribution in [3.05, 3.63) is 30.1 Å². The van der Waals surface area contributed by atoms with Gasteiger partial charge in [0.05, 0.1) is 13.3 Å². The Morgan fingerprint density at radius 1 is 1.31 bits per heavy atom. The topological polar surface area (TPSA) is 17.1 Å². The molecule has 1 fully saturated rings. The molecule has 0 bridgehead atoms. The zero-order chi connectivity index (χ0) is 12.6. The molecule has 16 heavy (non-hydrogen) atoms. The number of halogens is 1. The van der Waals surface area contributed by atoms with E-state index in [1.807, 2.05) is 33.6 Å². The Morgan fingerprint density at radius 3 is 2.31 bits per heavy atom. The van der Waals surface area contributed by atoms with Crippen LogP contribution in [0.4, 0.5) is 0 Å². The van der Waals surface area contributed by atoms with Crippen LogP contribution in [0, 0.1) is 30.1 Å². The van der Waals surface area contributed by atoms with E-state index in [0.29, 0.717) is 5.50 Å². The van der Waals surface area contributed by atoms with Gasteiger partial charge in [0.25, 0.3) is 0 Å². The molecule has 5 radical (unpaired) electrons. The molecule has 0 saturated heterocycles. The van der Waals surface area contributed by atoms with Gasteiger partial charge in [-0.1, -0.05) is 13.1 Å². The maximum absolute atomic E-state index is 12.4. The van der Waals surface area contributed by atoms with Crippen LogP contribution in [0.25, 0.3) is 0 Å². The van der Waals surface area contributed by atoms with Gasteiger partial charge in [-0.25, -0.2) is 0 Å². The third-order valence-corrected chi connectivity index (χ3v) is 9.21. The Balaban J connectivity index is 2.85. The normalized spacial score (nSPS) is 22.6. The molecule has 0 spiro atoms. The van der Waals surface area contributed by atoms with Crippen LogP contribution in [0.2, 0.25) is 13.1 Å². The van der Waals surface area contributed by atoms with E-state index < -0.39 is 18.9 Å². The monoisotopic (exact) mass is 275 g/mol. The first-order valence-corrected chi connectivity index (χ1v) is 10.3. The van der Waals surface area contributed by atoms with Crippen molar-refractivity contribution in [1.29, 1.82) is 0 Å². The summed E-state index contributed by atoms with van der Waals surface area (Å²) in [7, 11) is -2.57. The molecular formula is C12H20ClOSSi. The maximum Gasteiger partial charge on any atom is 0.0725 e. The van der Waals surface area contributed by atoms with E-state index in [0.717, 1.165) is 5.25 Å². The van der Waals surface area contributed by atoms with Crippen molar-refractivity contribution in [3.8, 4) is 0 Å². The number of rotatable bonds is 3. The van der Waals surface area contributed by atoms with E-state index in [1.165, 1.54) is 5.54 Å². The maximum atomic E-state index is 12.4. The summed E-state index contributed by atoms with van der Waals surface area (Å²) in [6, 6.07) is 0. The van der Waals surface area contributed by atoms with Gasteiger partial charge in [-0.05, 0) is 45.6 Å². The smallest absolute Gasteiger partial charge is 0.0725 e. The first-order chi connectivity index (χ1) is 7.20. The highest BCUT2D eigenvalue weighted by molar-refractivity contribution is 7.89. The molecule has 0 aromatic rings. The zero-order valence-corrected chi connectivity index (χ0v) is 13.2. The van der Waals surface area contributed by atoms with Gasteiger partial charge in [-0.2, -0.15) is 0 Å². The molecule has 0 aliphatic heterocycles. The minimum absolute atomic E-state index is 0.208. The van der Waals surface area contributed by atoms with Gasteiger partial charge in [0, 0.05) is 21.0 Å². The standard InChI is InChI=1S/C12H20ClOSSi/c1-12(2,3)15(14)10-7-6-8-11(10)16(4,5)9-13/h6-8H,9H2,1-5H3/t15-/m0/s1. The molecule has 1 aliphatic rings. The van der Waals surface area contributed by atoms with Crippen molar-refractivity contribution in [2.45, 2.75) is 38.6 Å². The second kappa shape index (κ2) is 5.11. The predicted molar refractivity (Wildman–Crippen MR) is 75.5 cm³/mol. The molecule has 0 heterocycles. The molecule has 1 nitrogen and oxygen atoms in total. The first-order valence-electron chi connectivity index (χ1n) is 5.44. The van der Waals surface area contributed by atoms with Crippen LogP contribution < -0.4 is 0 Å². The van der Waals surface area contributed by atoms with Crippen LogP contribution in [-0.2, 0) is 10.8 Å². The average Bonchev–Trinajstić information content (AvgIpc) is 2.64. The first kappa shape index (κ1) is 14.7. The van der Waals surface area contributed by atoms with Crippen molar-refractivity contribution in [1.82, 2.24) is 0 Å². The van der Waals surface area contributed by atoms with E-state index in [-0.39, 0.29) is 4.75 Å². The number of alkyl halides is 1. The van der Waals surface area contributed by atoms with Crippen LogP contribution in [0.3, 0.4) is 0 Å². The molecule has 0 amide bonds. The van der Waals surface area contributed by atoms with E-state index in [1.54, 1.807) is 0 Å². The highest BCUT2D eigenvalue weighted by Gasteiger charge is 2.46. The molecular weight excluding hydrogens is 256 g/mol. The van der Waals surface area contributed by atoms with E-state index in [2.05, 4.69) is 19.5 Å². The molecule has 91 valence electrons. The number of hydrogen-bond donors (Lipinski definition) is 0. The van der Waals surface area contributed by atoms with Crippen molar-refractivity contribution in [3.63, 3.8) is 0 Å². The van der Waals surface area contributed by atoms with Crippen LogP contribution in [-0.4, -0.2) is 22.5 Å². The molecule has 0 N–H and O–H groups in total. The summed E-state index contributed by atoms with van der Waals surface area (Å²) >= 11 is 6.04. The van der Waals surface area contributed by atoms with Gasteiger partial charge in [-0.15, -0.1) is 11.6 Å². The van der Waals surface area contributed by atoms with Crippen molar-refractivity contribution < 1.29 is 4.21 Å². The SMILES string of the molecule is CC(C)(C)[S@@](=O)[C]1[CH][CH][CH][C]1[Si](C)(C)CCl. The Bertz CT molecular complexity index is 273. The fourth-order valence-corrected chi connectivity index (χ4v) is 5.64. The van der Waals surface area contributed by atoms with E-state index in [4.69, 9.17) is 11.6 Å². The van der Waals surface area contributed by atoms with Gasteiger partial charge in [-0.3, -0.25) is 4.21 Å². The molecule has 1 aliphatic carbocycles. The second-order valence-electron chi connectivity index (χ2n) is 5.70. The molecule has 1 atom stereocenters. The third kappa shape index (κ3) is 3.11. The molecule has 1 saturated carbocycles. The van der Waals surface area contributed by atoms with Gasteiger partial charge in [0.2, 0.25) is 0 Å². The van der Waals surface area contributed by atoms with Crippen molar-refractivity contribution in [2.75, 3.05) is 5.50 Å². The van der Waals surface area contributed by atoms with Gasteiger partial charge >= 0.3 is 0 Å². The van der Waals surface area contributed by atoms with Crippen LogP contribution in [0.15, 0.2) is 0 Å². The van der Waals surface area contributed by atoms with Crippen LogP contribution >= 0.6 is 11.6 Å². The molecule has 0 aromatic carbocycles. The fourth-order valence-electron chi connectivity index (χ4n) is 1.53. The van der Waals surface area contributed by atoms with Crippen molar-refractivity contribution >= 4 is 30.5 Å². The Hall–Kier alpha value is 0.657. The minimum Gasteiger partial charge on any atom is -0.258 e. The Labute approximate surface area is 109 Å². The highest BCUT2D eigenvalue weighted by Crippen LogP contribution is 2.44. The molecule has 4 heteroatoms. The van der Waals surface area contributed by atoms with E-state index in [9.17, 15) is 4.21 Å². The summed E-state index contributed by atoms with van der Waals surface area (Å²) in [4.78, 5) is 0. The van der Waals surface area contributed by atoms with Crippen LogP contribution in [0.5, 0.6) is 0 Å². The Morgan fingerprint density at radius 2 is 1.88 bits per heavy atom. The lowest BCUT2D eigenvalue weighted by Crippen LogP contribution is -2.42. The lowest BCUT2D eigenvalue weighted by molar-refractivity contribution is 0.651. The molecule has 1 rings (SSSR count). The quantitative estimate of drug-likeness (QED) is 0.571. The average molecular weight is 276 g/mol. The molecule has 0 aromatic heterocycles. The second-order valence-corrected chi connectivity index (χ2v) is 13.3. The summed E-state index contributed by atoms with van der Waals surface area (Å²) in [5.74, 6) is 0. The third-order valence-electron chi connectivity index (χ3n) is 2.60. The lowest BCUT2D eigenvalue weighted by Gasteiger charge is -2.33. The summed E-state index contributed by atoms with van der Waals surface area (Å²) in [6.45, 7) is 10.5. The van der Waals surface area contributed by atoms with Gasteiger partial charge in [0.1, 0.15) is 0 Å². The summed E-state index contributed by atoms with van der Waals surface area (Å²) in [5.41, 5.74) is 1.92. The van der Waals surface area contributed by atoms with Gasteiger partial charge < -0.3 is 0 Å². The fraction of sp³-hybridized carbons (Fsp3) is 0.583. The summed E-state index contributed by atoms with van der Waals surface area (Å²) in [5, 5.41) is 0.991. The van der Waals surface area contributed by atoms with Gasteiger partial charge in [0.15, 0.2) is 0 Å². The predicted octanol–water partition coefficient (Wildman–Crippen LogP) is 3.29. The summed E-state index contributed by atoms with van der Waals surface area (Å²) in [6.07, 6.45) is 6.07. The minimum atomic E-state index is -1.61. The Kier molecular flexibility index (Phi) is 4.70. The lowest BCUT2D eigenvalue weighted by atomic mass is 10.3.